The summed E-state index contributed by atoms with van der Waals surface area (Å²) in [4.78, 5) is 38.8. The van der Waals surface area contributed by atoms with E-state index in [-0.39, 0.29) is 49.3 Å². The molecule has 0 unspecified atom stereocenters. The van der Waals surface area contributed by atoms with E-state index < -0.39 is 17.6 Å². The van der Waals surface area contributed by atoms with Crippen LogP contribution < -0.4 is 10.6 Å². The van der Waals surface area contributed by atoms with Crippen molar-refractivity contribution in [3.8, 4) is 6.07 Å². The van der Waals surface area contributed by atoms with Gasteiger partial charge in [0.05, 0.1) is 32.2 Å². The van der Waals surface area contributed by atoms with Gasteiger partial charge in [0.25, 0.3) is 0 Å². The predicted molar refractivity (Wildman–Crippen MR) is 127 cm³/mol. The third-order valence-electron chi connectivity index (χ3n) is 7.93. The monoisotopic (exact) mass is 484 g/mol. The molecule has 2 atom stereocenters. The number of nitrogens with one attached hydrogen (secondary N) is 2. The fourth-order valence-electron chi connectivity index (χ4n) is 5.69. The lowest BCUT2D eigenvalue weighted by Gasteiger charge is -2.52. The number of nitriles is 1. The summed E-state index contributed by atoms with van der Waals surface area (Å²) in [5.74, 6) is -0.496. The molecule has 0 radical (unpaired) electrons. The van der Waals surface area contributed by atoms with Gasteiger partial charge in [-0.05, 0) is 63.1 Å². The van der Waals surface area contributed by atoms with Gasteiger partial charge in [-0.25, -0.2) is 4.39 Å². The van der Waals surface area contributed by atoms with Crippen LogP contribution in [0, 0.1) is 16.7 Å². The maximum Gasteiger partial charge on any atom is 0.310 e. The number of amides is 2. The van der Waals surface area contributed by atoms with Crippen LogP contribution >= 0.6 is 0 Å². The molecule has 1 aromatic rings. The summed E-state index contributed by atoms with van der Waals surface area (Å²) in [6, 6.07) is 8.58. The molecule has 4 aliphatic rings. The van der Waals surface area contributed by atoms with Crippen LogP contribution in [0.1, 0.15) is 57.4 Å². The third-order valence-corrected chi connectivity index (χ3v) is 7.93. The number of hydrogen-bond acceptors (Lipinski definition) is 6. The topological polar surface area (TPSA) is 112 Å². The molecule has 3 aliphatic carbocycles. The highest BCUT2D eigenvalue weighted by molar-refractivity contribution is 5.95. The van der Waals surface area contributed by atoms with Gasteiger partial charge in [0.1, 0.15) is 12.2 Å². The Morgan fingerprint density at radius 1 is 1.14 bits per heavy atom. The molecule has 35 heavy (non-hydrogen) atoms. The molecule has 1 aliphatic heterocycles. The maximum absolute atomic E-state index is 13.7. The standard InChI is InChI=1S/C26H33FN4O4/c1-2-35-23(33)13-18-3-5-20(6-4-18)30-24(34)25-7-10-26(11-8-25,12-9-25)29-16-22(32)31-17-19(27)14-21(31)15-28/h3-6,19,21,29H,2,7-14,16-17H2,1H3,(H,30,34)/t19-,21-,25?,26?/m0/s1. The van der Waals surface area contributed by atoms with E-state index in [4.69, 9.17) is 4.74 Å². The molecular weight excluding hydrogens is 451 g/mol. The second-order valence-electron chi connectivity index (χ2n) is 10.1. The summed E-state index contributed by atoms with van der Waals surface area (Å²) in [5, 5.41) is 15.6. The van der Waals surface area contributed by atoms with Gasteiger partial charge in [0, 0.05) is 23.1 Å². The van der Waals surface area contributed by atoms with Gasteiger partial charge in [0.2, 0.25) is 11.8 Å². The van der Waals surface area contributed by atoms with Gasteiger partial charge < -0.3 is 20.3 Å². The second-order valence-corrected chi connectivity index (χ2v) is 10.1. The lowest BCUT2D eigenvalue weighted by Crippen LogP contribution is -2.59. The van der Waals surface area contributed by atoms with Crippen LogP contribution in [-0.2, 0) is 25.5 Å². The van der Waals surface area contributed by atoms with Crippen LogP contribution in [0.4, 0.5) is 10.1 Å². The van der Waals surface area contributed by atoms with Crippen LogP contribution in [0.25, 0.3) is 0 Å². The quantitative estimate of drug-likeness (QED) is 0.549. The molecule has 1 saturated heterocycles. The first-order valence-corrected chi connectivity index (χ1v) is 12.4. The summed E-state index contributed by atoms with van der Waals surface area (Å²) >= 11 is 0. The molecular formula is C26H33FN4O4. The highest BCUT2D eigenvalue weighted by Crippen LogP contribution is 2.52. The number of rotatable bonds is 8. The first kappa shape index (κ1) is 25.1. The molecule has 0 aromatic heterocycles. The number of carbonyl (C=O) groups is 3. The van der Waals surface area contributed by atoms with Crippen LogP contribution in [0.5, 0.6) is 0 Å². The van der Waals surface area contributed by atoms with Crippen LogP contribution in [0.3, 0.4) is 0 Å². The zero-order chi connectivity index (χ0) is 25.1. The normalized spacial score (nSPS) is 29.5. The summed E-state index contributed by atoms with van der Waals surface area (Å²) < 4.78 is 18.6. The number of halogens is 1. The van der Waals surface area contributed by atoms with Gasteiger partial charge in [-0.15, -0.1) is 0 Å². The Kier molecular flexibility index (Phi) is 7.41. The Labute approximate surface area is 205 Å². The molecule has 2 bridgehead atoms. The highest BCUT2D eigenvalue weighted by Gasteiger charge is 2.52. The Morgan fingerprint density at radius 2 is 1.80 bits per heavy atom. The number of ether oxygens (including phenoxy) is 1. The second kappa shape index (κ2) is 10.3. The summed E-state index contributed by atoms with van der Waals surface area (Å²) in [5.41, 5.74) is 0.923. The van der Waals surface area contributed by atoms with Crippen molar-refractivity contribution in [2.24, 2.45) is 5.41 Å². The van der Waals surface area contributed by atoms with Crippen molar-refractivity contribution in [2.75, 3.05) is 25.0 Å². The number of nitrogens with zero attached hydrogens (tertiary/aromatic N) is 2. The smallest absolute Gasteiger partial charge is 0.310 e. The van der Waals surface area contributed by atoms with E-state index in [9.17, 15) is 24.0 Å². The first-order valence-electron chi connectivity index (χ1n) is 12.4. The van der Waals surface area contributed by atoms with Crippen molar-refractivity contribution in [1.29, 1.82) is 5.26 Å². The van der Waals surface area contributed by atoms with E-state index in [1.54, 1.807) is 19.1 Å². The SMILES string of the molecule is CCOC(=O)Cc1ccc(NC(=O)C23CCC(NCC(=O)N4C[C@@H](F)C[C@H]4C#N)(CC2)CC3)cc1. The molecule has 1 heterocycles. The van der Waals surface area contributed by atoms with Gasteiger partial charge >= 0.3 is 5.97 Å². The lowest BCUT2D eigenvalue weighted by molar-refractivity contribution is -0.142. The van der Waals surface area contributed by atoms with Crippen LogP contribution in [0.2, 0.25) is 0 Å². The van der Waals surface area contributed by atoms with Gasteiger partial charge in [-0.3, -0.25) is 14.4 Å². The van der Waals surface area contributed by atoms with E-state index in [2.05, 4.69) is 10.6 Å². The minimum Gasteiger partial charge on any atom is -0.466 e. The maximum atomic E-state index is 13.7. The van der Waals surface area contributed by atoms with Crippen molar-refractivity contribution in [3.05, 3.63) is 29.8 Å². The molecule has 2 N–H and O–H groups in total. The van der Waals surface area contributed by atoms with Crippen LogP contribution in [-0.4, -0.2) is 60.1 Å². The average Bonchev–Trinajstić information content (AvgIpc) is 3.26. The number of hydrogen-bond donors (Lipinski definition) is 2. The van der Waals surface area contributed by atoms with E-state index in [0.29, 0.717) is 12.3 Å². The molecule has 5 rings (SSSR count). The molecule has 1 aromatic carbocycles. The minimum absolute atomic E-state index is 0.0151. The van der Waals surface area contributed by atoms with Gasteiger partial charge in [-0.2, -0.15) is 5.26 Å². The van der Waals surface area contributed by atoms with E-state index in [0.717, 1.165) is 44.1 Å². The number of carbonyl (C=O) groups excluding carboxylic acids is 3. The fraction of sp³-hybridized carbons (Fsp3) is 0.615. The van der Waals surface area contributed by atoms with E-state index in [1.165, 1.54) is 4.90 Å². The van der Waals surface area contributed by atoms with E-state index in [1.807, 2.05) is 18.2 Å². The zero-order valence-corrected chi connectivity index (χ0v) is 20.1. The van der Waals surface area contributed by atoms with E-state index >= 15 is 0 Å². The molecule has 8 nitrogen and oxygen atoms in total. The summed E-state index contributed by atoms with van der Waals surface area (Å²) in [6.07, 6.45) is 3.72. The fourth-order valence-corrected chi connectivity index (χ4v) is 5.69. The van der Waals surface area contributed by atoms with Crippen LogP contribution in [0.15, 0.2) is 24.3 Å². The molecule has 9 heteroatoms. The Hall–Kier alpha value is -2.99. The molecule has 188 valence electrons. The first-order chi connectivity index (χ1) is 16.8. The van der Waals surface area contributed by atoms with Crippen molar-refractivity contribution < 1.29 is 23.5 Å². The number of anilines is 1. The zero-order valence-electron chi connectivity index (χ0n) is 20.1. The van der Waals surface area contributed by atoms with Crippen molar-refractivity contribution in [2.45, 2.75) is 76.0 Å². The number of fused-ring (bicyclic) bond motifs is 3. The van der Waals surface area contributed by atoms with Crippen molar-refractivity contribution in [3.63, 3.8) is 0 Å². The molecule has 0 spiro atoms. The van der Waals surface area contributed by atoms with Crippen molar-refractivity contribution in [1.82, 2.24) is 10.2 Å². The highest BCUT2D eigenvalue weighted by atomic mass is 19.1. The largest absolute Gasteiger partial charge is 0.466 e. The Balaban J connectivity index is 1.28. The average molecular weight is 485 g/mol. The Bertz CT molecular complexity index is 981. The summed E-state index contributed by atoms with van der Waals surface area (Å²) in [7, 11) is 0. The Morgan fingerprint density at radius 3 is 2.40 bits per heavy atom. The number of benzene rings is 1. The minimum atomic E-state index is -1.14. The van der Waals surface area contributed by atoms with Gasteiger partial charge in [-0.1, -0.05) is 12.1 Å². The third kappa shape index (κ3) is 5.48. The predicted octanol–water partition coefficient (Wildman–Crippen LogP) is 2.88. The number of alkyl halides is 1. The molecule has 2 amide bonds. The summed E-state index contributed by atoms with van der Waals surface area (Å²) in [6.45, 7) is 2.19. The number of esters is 1. The van der Waals surface area contributed by atoms with Crippen molar-refractivity contribution >= 4 is 23.5 Å². The van der Waals surface area contributed by atoms with Gasteiger partial charge in [0.15, 0.2) is 0 Å². The lowest BCUT2D eigenvalue weighted by atomic mass is 9.57. The number of likely N-dealkylation sites (tertiary alicyclic amines) is 1. The molecule has 4 fully saturated rings. The molecule has 3 saturated carbocycles.